The van der Waals surface area contributed by atoms with Crippen LogP contribution in [0.2, 0.25) is 0 Å². The molecule has 0 aromatic heterocycles. The smallest absolute Gasteiger partial charge is 0.307 e. The van der Waals surface area contributed by atoms with Crippen molar-refractivity contribution in [2.24, 2.45) is 0 Å². The second kappa shape index (κ2) is 6.79. The molecule has 110 valence electrons. The number of anilines is 1. The lowest BCUT2D eigenvalue weighted by molar-refractivity contribution is -0.136. The number of carboxylic acids is 1. The molecule has 0 aliphatic carbocycles. The van der Waals surface area contributed by atoms with Crippen LogP contribution in [0.4, 0.5) is 5.69 Å². The maximum atomic E-state index is 10.9. The normalized spacial score (nSPS) is 10.3. The van der Waals surface area contributed by atoms with E-state index in [4.69, 9.17) is 5.11 Å². The van der Waals surface area contributed by atoms with Crippen LogP contribution in [0.3, 0.4) is 0 Å². The number of phenols is 1. The van der Waals surface area contributed by atoms with Crippen molar-refractivity contribution in [3.63, 3.8) is 0 Å². The Morgan fingerprint density at radius 2 is 1.81 bits per heavy atom. The van der Waals surface area contributed by atoms with E-state index in [2.05, 4.69) is 4.90 Å². The molecule has 2 aromatic rings. The van der Waals surface area contributed by atoms with Gasteiger partial charge in [0.1, 0.15) is 5.75 Å². The first-order chi connectivity index (χ1) is 10.1. The standard InChI is InChI=1S/C17H19NO3/c1-2-18(15-8-5-9-16(19)11-15)12-14-7-4-3-6-13(14)10-17(20)21/h3-9,11,19H,2,10,12H2,1H3,(H,20,21). The highest BCUT2D eigenvalue weighted by Gasteiger charge is 2.11. The summed E-state index contributed by atoms with van der Waals surface area (Å²) in [6.07, 6.45) is 0.0216. The molecular formula is C17H19NO3. The van der Waals surface area contributed by atoms with Crippen molar-refractivity contribution in [3.8, 4) is 5.75 Å². The average molecular weight is 285 g/mol. The van der Waals surface area contributed by atoms with E-state index in [0.29, 0.717) is 6.54 Å². The second-order valence-corrected chi connectivity index (χ2v) is 4.87. The van der Waals surface area contributed by atoms with Crippen LogP contribution in [-0.4, -0.2) is 22.7 Å². The van der Waals surface area contributed by atoms with E-state index in [0.717, 1.165) is 23.4 Å². The molecule has 0 saturated carbocycles. The molecule has 0 aliphatic rings. The van der Waals surface area contributed by atoms with Crippen LogP contribution in [0.1, 0.15) is 18.1 Å². The van der Waals surface area contributed by atoms with Gasteiger partial charge in [-0.25, -0.2) is 0 Å². The molecule has 0 fully saturated rings. The summed E-state index contributed by atoms with van der Waals surface area (Å²) in [4.78, 5) is 13.0. The molecule has 4 nitrogen and oxygen atoms in total. The average Bonchev–Trinajstić information content (AvgIpc) is 2.45. The van der Waals surface area contributed by atoms with E-state index in [1.807, 2.05) is 37.3 Å². The summed E-state index contributed by atoms with van der Waals surface area (Å²) in [5, 5.41) is 18.6. The molecule has 21 heavy (non-hydrogen) atoms. The predicted octanol–water partition coefficient (Wildman–Crippen LogP) is 3.05. The van der Waals surface area contributed by atoms with Crippen molar-refractivity contribution in [2.75, 3.05) is 11.4 Å². The van der Waals surface area contributed by atoms with E-state index < -0.39 is 5.97 Å². The molecule has 0 atom stereocenters. The molecule has 4 heteroatoms. The van der Waals surface area contributed by atoms with E-state index >= 15 is 0 Å². The van der Waals surface area contributed by atoms with E-state index in [1.165, 1.54) is 0 Å². The van der Waals surface area contributed by atoms with E-state index in [-0.39, 0.29) is 12.2 Å². The van der Waals surface area contributed by atoms with E-state index in [1.54, 1.807) is 18.2 Å². The number of hydrogen-bond acceptors (Lipinski definition) is 3. The molecule has 2 N–H and O–H groups in total. The highest BCUT2D eigenvalue weighted by Crippen LogP contribution is 2.23. The Balaban J connectivity index is 2.25. The first-order valence-corrected chi connectivity index (χ1v) is 6.92. The van der Waals surface area contributed by atoms with Gasteiger partial charge in [0.2, 0.25) is 0 Å². The summed E-state index contributed by atoms with van der Waals surface area (Å²) in [7, 11) is 0. The third kappa shape index (κ3) is 3.99. The Kier molecular flexibility index (Phi) is 4.82. The number of aromatic hydroxyl groups is 1. The summed E-state index contributed by atoms with van der Waals surface area (Å²) < 4.78 is 0. The highest BCUT2D eigenvalue weighted by molar-refractivity contribution is 5.70. The van der Waals surface area contributed by atoms with Gasteiger partial charge in [-0.15, -0.1) is 0 Å². The molecule has 0 saturated heterocycles. The van der Waals surface area contributed by atoms with Crippen LogP contribution in [-0.2, 0) is 17.8 Å². The third-order valence-corrected chi connectivity index (χ3v) is 3.40. The van der Waals surface area contributed by atoms with Crippen molar-refractivity contribution in [2.45, 2.75) is 19.9 Å². The molecule has 0 aliphatic heterocycles. The van der Waals surface area contributed by atoms with Gasteiger partial charge in [0.25, 0.3) is 0 Å². The summed E-state index contributed by atoms with van der Waals surface area (Å²) in [5.41, 5.74) is 2.73. The molecule has 0 radical (unpaired) electrons. The quantitative estimate of drug-likeness (QED) is 0.856. The predicted molar refractivity (Wildman–Crippen MR) is 82.6 cm³/mol. The second-order valence-electron chi connectivity index (χ2n) is 4.87. The van der Waals surface area contributed by atoms with Crippen LogP contribution in [0.5, 0.6) is 5.75 Å². The lowest BCUT2D eigenvalue weighted by atomic mass is 10.0. The fourth-order valence-electron chi connectivity index (χ4n) is 2.33. The van der Waals surface area contributed by atoms with Crippen LogP contribution in [0, 0.1) is 0 Å². The van der Waals surface area contributed by atoms with Gasteiger partial charge in [0, 0.05) is 24.8 Å². The zero-order valence-corrected chi connectivity index (χ0v) is 12.0. The van der Waals surface area contributed by atoms with Gasteiger partial charge in [-0.05, 0) is 30.2 Å². The lowest BCUT2D eigenvalue weighted by Crippen LogP contribution is -2.23. The topological polar surface area (TPSA) is 60.8 Å². The summed E-state index contributed by atoms with van der Waals surface area (Å²) >= 11 is 0. The maximum absolute atomic E-state index is 10.9. The minimum Gasteiger partial charge on any atom is -0.508 e. The maximum Gasteiger partial charge on any atom is 0.307 e. The molecular weight excluding hydrogens is 266 g/mol. The number of carbonyl (C=O) groups is 1. The zero-order chi connectivity index (χ0) is 15.2. The van der Waals surface area contributed by atoms with Gasteiger partial charge in [0.15, 0.2) is 0 Å². The Bertz CT molecular complexity index is 625. The van der Waals surface area contributed by atoms with Crippen LogP contribution in [0.25, 0.3) is 0 Å². The Morgan fingerprint density at radius 3 is 2.43 bits per heavy atom. The van der Waals surface area contributed by atoms with Gasteiger partial charge >= 0.3 is 5.97 Å². The first-order valence-electron chi connectivity index (χ1n) is 6.92. The number of hydrogen-bond donors (Lipinski definition) is 2. The molecule has 2 rings (SSSR count). The van der Waals surface area contributed by atoms with Crippen molar-refractivity contribution in [1.82, 2.24) is 0 Å². The molecule has 0 heterocycles. The number of aliphatic carboxylic acids is 1. The van der Waals surface area contributed by atoms with Crippen LogP contribution < -0.4 is 4.90 Å². The lowest BCUT2D eigenvalue weighted by Gasteiger charge is -2.24. The highest BCUT2D eigenvalue weighted by atomic mass is 16.4. The Hall–Kier alpha value is -2.49. The number of phenolic OH excluding ortho intramolecular Hbond substituents is 1. The van der Waals surface area contributed by atoms with Crippen molar-refractivity contribution in [1.29, 1.82) is 0 Å². The van der Waals surface area contributed by atoms with Crippen molar-refractivity contribution >= 4 is 11.7 Å². The van der Waals surface area contributed by atoms with Gasteiger partial charge < -0.3 is 15.1 Å². The fourth-order valence-corrected chi connectivity index (χ4v) is 2.33. The SMILES string of the molecule is CCN(Cc1ccccc1CC(=O)O)c1cccc(O)c1. The molecule has 0 bridgehead atoms. The molecule has 0 amide bonds. The number of carboxylic acid groups (broad SMARTS) is 1. The van der Waals surface area contributed by atoms with Crippen molar-refractivity contribution in [3.05, 3.63) is 59.7 Å². The fraction of sp³-hybridized carbons (Fsp3) is 0.235. The van der Waals surface area contributed by atoms with Crippen LogP contribution >= 0.6 is 0 Å². The number of benzene rings is 2. The minimum absolute atomic E-state index is 0.0216. The van der Waals surface area contributed by atoms with Gasteiger partial charge in [0.05, 0.1) is 6.42 Å². The van der Waals surface area contributed by atoms with Crippen LogP contribution in [0.15, 0.2) is 48.5 Å². The largest absolute Gasteiger partial charge is 0.508 e. The Morgan fingerprint density at radius 1 is 1.10 bits per heavy atom. The van der Waals surface area contributed by atoms with Gasteiger partial charge in [-0.2, -0.15) is 0 Å². The number of nitrogens with zero attached hydrogens (tertiary/aromatic N) is 1. The summed E-state index contributed by atoms with van der Waals surface area (Å²) in [6.45, 7) is 3.41. The molecule has 0 unspecified atom stereocenters. The van der Waals surface area contributed by atoms with Gasteiger partial charge in [-0.3, -0.25) is 4.79 Å². The molecule has 2 aromatic carbocycles. The van der Waals surface area contributed by atoms with E-state index in [9.17, 15) is 9.90 Å². The Labute approximate surface area is 124 Å². The van der Waals surface area contributed by atoms with Gasteiger partial charge in [-0.1, -0.05) is 30.3 Å². The summed E-state index contributed by atoms with van der Waals surface area (Å²) in [6, 6.07) is 14.6. The zero-order valence-electron chi connectivity index (χ0n) is 12.0. The monoisotopic (exact) mass is 285 g/mol. The summed E-state index contributed by atoms with van der Waals surface area (Å²) in [5.74, 6) is -0.604. The minimum atomic E-state index is -0.831. The first kappa shape index (κ1) is 14.9. The van der Waals surface area contributed by atoms with Crippen molar-refractivity contribution < 1.29 is 15.0 Å². The number of rotatable bonds is 6. The third-order valence-electron chi connectivity index (χ3n) is 3.40. The molecule has 0 spiro atoms.